The smallest absolute Gasteiger partial charge is 0.239 e. The van der Waals surface area contributed by atoms with Crippen LogP contribution in [0.25, 0.3) is 0 Å². The molecular weight excluding hydrogens is 216 g/mol. The van der Waals surface area contributed by atoms with Crippen molar-refractivity contribution in [3.8, 4) is 0 Å². The molecule has 1 amide bonds. The molecule has 1 aliphatic carbocycles. The molecule has 0 radical (unpaired) electrons. The molecule has 1 atom stereocenters. The number of nitrogens with two attached hydrogens (primary N) is 1. The highest BCUT2D eigenvalue weighted by molar-refractivity contribution is 5.82. The van der Waals surface area contributed by atoms with E-state index in [1.807, 2.05) is 20.8 Å². The van der Waals surface area contributed by atoms with E-state index in [9.17, 15) is 4.79 Å². The van der Waals surface area contributed by atoms with Crippen molar-refractivity contribution in [2.24, 2.45) is 17.1 Å². The first-order valence-electron chi connectivity index (χ1n) is 6.40. The van der Waals surface area contributed by atoms with Gasteiger partial charge in [-0.2, -0.15) is 0 Å². The summed E-state index contributed by atoms with van der Waals surface area (Å²) in [6.07, 6.45) is 2.59. The first-order chi connectivity index (χ1) is 7.82. The van der Waals surface area contributed by atoms with Crippen LogP contribution in [0.5, 0.6) is 0 Å². The van der Waals surface area contributed by atoms with Crippen LogP contribution in [0.1, 0.15) is 33.6 Å². The molecule has 17 heavy (non-hydrogen) atoms. The molecule has 1 aliphatic rings. The van der Waals surface area contributed by atoms with Crippen LogP contribution in [-0.2, 0) is 9.53 Å². The molecular formula is C13H26N2O2. The molecule has 0 heterocycles. The van der Waals surface area contributed by atoms with E-state index < -0.39 is 6.04 Å². The van der Waals surface area contributed by atoms with Crippen molar-refractivity contribution in [3.63, 3.8) is 0 Å². The van der Waals surface area contributed by atoms with E-state index in [1.54, 1.807) is 11.9 Å². The van der Waals surface area contributed by atoms with Gasteiger partial charge < -0.3 is 15.4 Å². The van der Waals surface area contributed by atoms with Crippen molar-refractivity contribution < 1.29 is 9.53 Å². The Kier molecular flexibility index (Phi) is 4.95. The van der Waals surface area contributed by atoms with E-state index in [0.29, 0.717) is 13.2 Å². The molecule has 0 aromatic heterocycles. The minimum atomic E-state index is -0.448. The van der Waals surface area contributed by atoms with Crippen LogP contribution in [0, 0.1) is 11.3 Å². The van der Waals surface area contributed by atoms with Crippen molar-refractivity contribution in [3.05, 3.63) is 0 Å². The molecule has 0 saturated heterocycles. The Labute approximate surface area is 104 Å². The average Bonchev–Trinajstić information content (AvgIpc) is 3.04. The highest BCUT2D eigenvalue weighted by Crippen LogP contribution is 2.28. The van der Waals surface area contributed by atoms with Gasteiger partial charge in [0.15, 0.2) is 0 Å². The lowest BCUT2D eigenvalue weighted by atomic mass is 9.86. The van der Waals surface area contributed by atoms with E-state index in [2.05, 4.69) is 0 Å². The monoisotopic (exact) mass is 242 g/mol. The number of hydrogen-bond donors (Lipinski definition) is 1. The quantitative estimate of drug-likeness (QED) is 0.713. The van der Waals surface area contributed by atoms with Crippen molar-refractivity contribution in [1.82, 2.24) is 4.90 Å². The van der Waals surface area contributed by atoms with Gasteiger partial charge in [0.2, 0.25) is 5.91 Å². The summed E-state index contributed by atoms with van der Waals surface area (Å²) in [7, 11) is 1.79. The number of ether oxygens (including phenoxy) is 1. The van der Waals surface area contributed by atoms with Crippen molar-refractivity contribution in [1.29, 1.82) is 0 Å². The van der Waals surface area contributed by atoms with Gasteiger partial charge in [-0.3, -0.25) is 4.79 Å². The van der Waals surface area contributed by atoms with Gasteiger partial charge >= 0.3 is 0 Å². The van der Waals surface area contributed by atoms with Crippen LogP contribution in [0.15, 0.2) is 0 Å². The summed E-state index contributed by atoms with van der Waals surface area (Å²) in [5.41, 5.74) is 5.73. The summed E-state index contributed by atoms with van der Waals surface area (Å²) < 4.78 is 5.51. The number of hydrogen-bond acceptors (Lipinski definition) is 3. The van der Waals surface area contributed by atoms with Crippen LogP contribution in [0.2, 0.25) is 0 Å². The summed E-state index contributed by atoms with van der Waals surface area (Å²) in [5, 5.41) is 0. The summed E-state index contributed by atoms with van der Waals surface area (Å²) in [4.78, 5) is 13.6. The largest absolute Gasteiger partial charge is 0.379 e. The molecule has 100 valence electrons. The van der Waals surface area contributed by atoms with Crippen LogP contribution >= 0.6 is 0 Å². The minimum absolute atomic E-state index is 0.00692. The van der Waals surface area contributed by atoms with Crippen molar-refractivity contribution >= 4 is 5.91 Å². The molecule has 0 aromatic carbocycles. The molecule has 4 heteroatoms. The van der Waals surface area contributed by atoms with Crippen LogP contribution in [0.4, 0.5) is 0 Å². The summed E-state index contributed by atoms with van der Waals surface area (Å²) >= 11 is 0. The second kappa shape index (κ2) is 5.83. The summed E-state index contributed by atoms with van der Waals surface area (Å²) in [6, 6.07) is -0.448. The highest BCUT2D eigenvalue weighted by Gasteiger charge is 2.29. The Morgan fingerprint density at radius 3 is 2.53 bits per heavy atom. The maximum absolute atomic E-state index is 12.0. The van der Waals surface area contributed by atoms with Gasteiger partial charge in [-0.1, -0.05) is 20.8 Å². The zero-order chi connectivity index (χ0) is 13.1. The number of carbonyl (C=O) groups is 1. The molecule has 0 aliphatic heterocycles. The summed E-state index contributed by atoms with van der Waals surface area (Å²) in [6.45, 7) is 8.01. The summed E-state index contributed by atoms with van der Waals surface area (Å²) in [5.74, 6) is 0.764. The van der Waals surface area contributed by atoms with Crippen LogP contribution in [-0.4, -0.2) is 43.7 Å². The van der Waals surface area contributed by atoms with Gasteiger partial charge in [-0.15, -0.1) is 0 Å². The third-order valence-corrected chi connectivity index (χ3v) is 3.20. The predicted molar refractivity (Wildman–Crippen MR) is 68.6 cm³/mol. The Balaban J connectivity index is 2.20. The van der Waals surface area contributed by atoms with Gasteiger partial charge in [0.05, 0.1) is 12.6 Å². The van der Waals surface area contributed by atoms with Gasteiger partial charge in [0.1, 0.15) is 0 Å². The lowest BCUT2D eigenvalue weighted by molar-refractivity contribution is -0.134. The first-order valence-corrected chi connectivity index (χ1v) is 6.40. The van der Waals surface area contributed by atoms with E-state index in [4.69, 9.17) is 10.5 Å². The number of amides is 1. The fourth-order valence-electron chi connectivity index (χ4n) is 1.45. The standard InChI is InChI=1S/C13H26N2O2/c1-13(2,3)11(14)12(16)15(4)7-8-17-9-10-5-6-10/h10-11H,5-9,14H2,1-4H3/t11-/m0/s1. The Morgan fingerprint density at radius 1 is 1.47 bits per heavy atom. The van der Waals surface area contributed by atoms with E-state index in [0.717, 1.165) is 12.5 Å². The average molecular weight is 242 g/mol. The Hall–Kier alpha value is -0.610. The lowest BCUT2D eigenvalue weighted by Crippen LogP contribution is -2.49. The van der Waals surface area contributed by atoms with Crippen LogP contribution < -0.4 is 5.73 Å². The zero-order valence-corrected chi connectivity index (χ0v) is 11.5. The predicted octanol–water partition coefficient (Wildman–Crippen LogP) is 1.24. The number of nitrogens with zero attached hydrogens (tertiary/aromatic N) is 1. The Bertz CT molecular complexity index is 257. The third kappa shape index (κ3) is 5.04. The number of likely N-dealkylation sites (N-methyl/N-ethyl adjacent to an activating group) is 1. The topological polar surface area (TPSA) is 55.6 Å². The van der Waals surface area contributed by atoms with Crippen LogP contribution in [0.3, 0.4) is 0 Å². The molecule has 4 nitrogen and oxygen atoms in total. The third-order valence-electron chi connectivity index (χ3n) is 3.20. The molecule has 0 bridgehead atoms. The van der Waals surface area contributed by atoms with Gasteiger partial charge in [-0.25, -0.2) is 0 Å². The SMILES string of the molecule is CN(CCOCC1CC1)C(=O)[C@H](N)C(C)(C)C. The molecule has 1 rings (SSSR count). The van der Waals surface area contributed by atoms with Gasteiger partial charge in [-0.05, 0) is 24.2 Å². The normalized spacial score (nSPS) is 17.9. The lowest BCUT2D eigenvalue weighted by Gasteiger charge is -2.29. The fourth-order valence-corrected chi connectivity index (χ4v) is 1.45. The second-order valence-corrected chi connectivity index (χ2v) is 6.12. The van der Waals surface area contributed by atoms with E-state index in [1.165, 1.54) is 12.8 Å². The number of rotatable bonds is 6. The van der Waals surface area contributed by atoms with Gasteiger partial charge in [0.25, 0.3) is 0 Å². The van der Waals surface area contributed by atoms with Crippen molar-refractivity contribution in [2.45, 2.75) is 39.7 Å². The van der Waals surface area contributed by atoms with E-state index >= 15 is 0 Å². The molecule has 0 spiro atoms. The second-order valence-electron chi connectivity index (χ2n) is 6.12. The molecule has 1 saturated carbocycles. The van der Waals surface area contributed by atoms with E-state index in [-0.39, 0.29) is 11.3 Å². The molecule has 0 unspecified atom stereocenters. The zero-order valence-electron chi connectivity index (χ0n) is 11.5. The highest BCUT2D eigenvalue weighted by atomic mass is 16.5. The minimum Gasteiger partial charge on any atom is -0.379 e. The van der Waals surface area contributed by atoms with Gasteiger partial charge in [0, 0.05) is 20.2 Å². The Morgan fingerprint density at radius 2 is 2.06 bits per heavy atom. The number of carbonyl (C=O) groups excluding carboxylic acids is 1. The molecule has 1 fully saturated rings. The fraction of sp³-hybridized carbons (Fsp3) is 0.923. The first kappa shape index (κ1) is 14.5. The van der Waals surface area contributed by atoms with Crippen molar-refractivity contribution in [2.75, 3.05) is 26.8 Å². The molecule has 0 aromatic rings. The molecule has 2 N–H and O–H groups in total. The maximum Gasteiger partial charge on any atom is 0.239 e. The maximum atomic E-state index is 12.0.